The molecule has 0 radical (unpaired) electrons. The van der Waals surface area contributed by atoms with Crippen LogP contribution in [0.3, 0.4) is 0 Å². The molecule has 7 nitrogen and oxygen atoms in total. The highest BCUT2D eigenvalue weighted by molar-refractivity contribution is 5.91. The Morgan fingerprint density at radius 1 is 1.69 bits per heavy atom. The maximum Gasteiger partial charge on any atom is 0.336 e. The van der Waals surface area contributed by atoms with Crippen molar-refractivity contribution in [2.24, 2.45) is 4.99 Å². The van der Waals surface area contributed by atoms with Gasteiger partial charge in [0.05, 0.1) is 11.9 Å². The molecule has 0 fully saturated rings. The molecule has 0 atom stereocenters. The van der Waals surface area contributed by atoms with E-state index in [4.69, 9.17) is 0 Å². The third kappa shape index (κ3) is 2.73. The van der Waals surface area contributed by atoms with Gasteiger partial charge in [-0.1, -0.05) is 0 Å². The van der Waals surface area contributed by atoms with Crippen molar-refractivity contribution in [3.05, 3.63) is 34.2 Å². The van der Waals surface area contributed by atoms with E-state index in [1.807, 2.05) is 0 Å². The Bertz CT molecular complexity index is 318. The number of rotatable bonds is 2. The number of carbonyl (C=O) groups is 1. The van der Waals surface area contributed by atoms with Gasteiger partial charge >= 0.3 is 11.1 Å². The van der Waals surface area contributed by atoms with Crippen LogP contribution in [0.25, 0.3) is 0 Å². The van der Waals surface area contributed by atoms with Crippen molar-refractivity contribution in [1.29, 1.82) is 0 Å². The van der Waals surface area contributed by atoms with Crippen molar-refractivity contribution in [2.45, 2.75) is 0 Å². The summed E-state index contributed by atoms with van der Waals surface area (Å²) in [4.78, 5) is 28.0. The Kier molecular flexibility index (Phi) is 2.74. The lowest BCUT2D eigenvalue weighted by Gasteiger charge is -1.94. The normalized spacial score (nSPS) is 14.0. The predicted octanol–water partition coefficient (Wildman–Crippen LogP) is -0.250. The minimum Gasteiger partial charge on any atom is -0.353 e. The molecule has 0 amide bonds. The second kappa shape index (κ2) is 4.00. The first kappa shape index (κ1) is 8.91. The first-order chi connectivity index (χ1) is 6.20. The summed E-state index contributed by atoms with van der Waals surface area (Å²) in [5, 5.41) is 11.2. The van der Waals surface area contributed by atoms with Crippen molar-refractivity contribution < 1.29 is 14.7 Å². The highest BCUT2D eigenvalue weighted by Gasteiger charge is 2.11. The van der Waals surface area contributed by atoms with Gasteiger partial charge in [0.2, 0.25) is 0 Å². The molecular formula is C6H5N3O4. The van der Waals surface area contributed by atoms with Crippen LogP contribution in [0.5, 0.6) is 0 Å². The van der Waals surface area contributed by atoms with Gasteiger partial charge in [-0.3, -0.25) is 4.79 Å². The summed E-state index contributed by atoms with van der Waals surface area (Å²) in [5.41, 5.74) is -0.00190. The van der Waals surface area contributed by atoms with Crippen LogP contribution in [-0.4, -0.2) is 17.4 Å². The molecule has 0 aliphatic carbocycles. The summed E-state index contributed by atoms with van der Waals surface area (Å²) in [6, 6.07) is 0. The van der Waals surface area contributed by atoms with Gasteiger partial charge in [0.1, 0.15) is 0 Å². The number of hydrogen-bond donors (Lipinski definition) is 1. The summed E-state index contributed by atoms with van der Waals surface area (Å²) in [6.07, 6.45) is 5.20. The minimum atomic E-state index is -1.17. The van der Waals surface area contributed by atoms with E-state index in [9.17, 15) is 14.9 Å². The molecule has 1 aliphatic rings. The van der Waals surface area contributed by atoms with Crippen LogP contribution >= 0.6 is 0 Å². The van der Waals surface area contributed by atoms with E-state index < -0.39 is 11.1 Å². The average molecular weight is 183 g/mol. The van der Waals surface area contributed by atoms with Crippen LogP contribution in [0.2, 0.25) is 0 Å². The van der Waals surface area contributed by atoms with Gasteiger partial charge in [-0.2, -0.15) is 0 Å². The SMILES string of the molecule is O=C(O[N+](=O)[O-])C1=CN=CNC=C1. The summed E-state index contributed by atoms with van der Waals surface area (Å²) >= 11 is 0. The molecule has 1 rings (SSSR count). The monoisotopic (exact) mass is 183 g/mol. The molecule has 0 bridgehead atoms. The summed E-state index contributed by atoms with van der Waals surface area (Å²) in [6.45, 7) is 0. The fourth-order valence-electron chi connectivity index (χ4n) is 0.626. The van der Waals surface area contributed by atoms with Gasteiger partial charge in [-0.25, -0.2) is 9.83 Å². The molecule has 0 saturated carbocycles. The maximum absolute atomic E-state index is 10.9. The van der Waals surface area contributed by atoms with Crippen LogP contribution in [-0.2, 0) is 9.63 Å². The van der Waals surface area contributed by atoms with E-state index in [0.717, 1.165) is 6.20 Å². The van der Waals surface area contributed by atoms with E-state index in [1.165, 1.54) is 18.6 Å². The predicted molar refractivity (Wildman–Crippen MR) is 41.9 cm³/mol. The van der Waals surface area contributed by atoms with Crippen molar-refractivity contribution >= 4 is 12.3 Å². The zero-order valence-electron chi connectivity index (χ0n) is 6.34. The van der Waals surface area contributed by atoms with Crippen molar-refractivity contribution in [2.75, 3.05) is 0 Å². The second-order valence-electron chi connectivity index (χ2n) is 1.96. The Hall–Kier alpha value is -2.18. The summed E-state index contributed by atoms with van der Waals surface area (Å²) < 4.78 is 0. The Morgan fingerprint density at radius 2 is 2.46 bits per heavy atom. The Balaban J connectivity index is 2.70. The molecule has 1 aliphatic heterocycles. The molecule has 1 heterocycles. The fraction of sp³-hybridized carbons (Fsp3) is 0. The first-order valence-electron chi connectivity index (χ1n) is 3.21. The smallest absolute Gasteiger partial charge is 0.336 e. The Labute approximate surface area is 72.5 Å². The standard InChI is InChI=1S/C6H5N3O4/c10-6(13-9(11)12)5-1-2-7-4-8-3-5/h1-4H,(H,7,8). The van der Waals surface area contributed by atoms with Gasteiger partial charge in [0.15, 0.2) is 0 Å². The molecule has 0 aromatic heterocycles. The highest BCUT2D eigenvalue weighted by Crippen LogP contribution is 2.01. The maximum atomic E-state index is 10.9. The van der Waals surface area contributed by atoms with Gasteiger partial charge in [-0.05, 0) is 6.08 Å². The van der Waals surface area contributed by atoms with Crippen LogP contribution < -0.4 is 5.32 Å². The molecular weight excluding hydrogens is 178 g/mol. The molecule has 0 saturated heterocycles. The third-order valence-electron chi connectivity index (χ3n) is 1.11. The third-order valence-corrected chi connectivity index (χ3v) is 1.11. The minimum absolute atomic E-state index is 0.00190. The molecule has 13 heavy (non-hydrogen) atoms. The topological polar surface area (TPSA) is 93.8 Å². The summed E-state index contributed by atoms with van der Waals surface area (Å²) in [5.74, 6) is -1.05. The number of hydrogen-bond acceptors (Lipinski definition) is 6. The van der Waals surface area contributed by atoms with E-state index in [0.29, 0.717) is 0 Å². The quantitative estimate of drug-likeness (QED) is 0.470. The van der Waals surface area contributed by atoms with E-state index >= 15 is 0 Å². The van der Waals surface area contributed by atoms with Crippen LogP contribution in [0.4, 0.5) is 0 Å². The highest BCUT2D eigenvalue weighted by atomic mass is 17.0. The van der Waals surface area contributed by atoms with E-state index in [-0.39, 0.29) is 5.57 Å². The van der Waals surface area contributed by atoms with Gasteiger partial charge in [-0.15, -0.1) is 10.1 Å². The van der Waals surface area contributed by atoms with Crippen LogP contribution in [0.15, 0.2) is 29.0 Å². The summed E-state index contributed by atoms with van der Waals surface area (Å²) in [7, 11) is 0. The van der Waals surface area contributed by atoms with Gasteiger partial charge < -0.3 is 5.32 Å². The number of carbonyl (C=O) groups excluding carboxylic acids is 1. The van der Waals surface area contributed by atoms with Crippen LogP contribution in [0.1, 0.15) is 0 Å². The van der Waals surface area contributed by atoms with Crippen LogP contribution in [0, 0.1) is 10.1 Å². The van der Waals surface area contributed by atoms with E-state index in [1.54, 1.807) is 0 Å². The average Bonchev–Trinajstić information content (AvgIpc) is 2.29. The number of aliphatic imine (C=N–C) groups is 1. The van der Waals surface area contributed by atoms with Gasteiger partial charge in [0.25, 0.3) is 0 Å². The lowest BCUT2D eigenvalue weighted by atomic mass is 10.3. The zero-order valence-corrected chi connectivity index (χ0v) is 6.34. The molecule has 0 aromatic carbocycles. The molecule has 1 N–H and O–H groups in total. The van der Waals surface area contributed by atoms with E-state index in [2.05, 4.69) is 15.1 Å². The first-order valence-corrected chi connectivity index (χ1v) is 3.21. The van der Waals surface area contributed by atoms with Crippen molar-refractivity contribution in [3.63, 3.8) is 0 Å². The lowest BCUT2D eigenvalue weighted by Crippen LogP contribution is -2.11. The van der Waals surface area contributed by atoms with Gasteiger partial charge in [0, 0.05) is 12.4 Å². The van der Waals surface area contributed by atoms with Crippen molar-refractivity contribution in [1.82, 2.24) is 5.32 Å². The Morgan fingerprint density at radius 3 is 3.15 bits per heavy atom. The molecule has 0 unspecified atom stereocenters. The number of nitrogens with one attached hydrogen (secondary N) is 1. The number of nitrogens with zero attached hydrogens (tertiary/aromatic N) is 2. The zero-order chi connectivity index (χ0) is 9.68. The lowest BCUT2D eigenvalue weighted by molar-refractivity contribution is -0.728. The molecule has 7 heteroatoms. The molecule has 0 spiro atoms. The van der Waals surface area contributed by atoms with Crippen molar-refractivity contribution in [3.8, 4) is 0 Å². The molecule has 0 aromatic rings. The fourth-order valence-corrected chi connectivity index (χ4v) is 0.626. The second-order valence-corrected chi connectivity index (χ2v) is 1.96. The molecule has 68 valence electrons. The largest absolute Gasteiger partial charge is 0.353 e.